The summed E-state index contributed by atoms with van der Waals surface area (Å²) in [5.74, 6) is -0.0436. The molecule has 3 rings (SSSR count). The molecule has 4 N–H and O–H groups in total. The molecule has 0 bridgehead atoms. The molecule has 4 heteroatoms. The number of H-pyrrole nitrogens is 1. The number of aromatic amines is 1. The van der Waals surface area contributed by atoms with Crippen LogP contribution in [0.5, 0.6) is 0 Å². The van der Waals surface area contributed by atoms with Gasteiger partial charge < -0.3 is 16.0 Å². The number of carbonyl (C=O) groups excluding carboxylic acids is 1. The molecule has 1 aliphatic rings. The van der Waals surface area contributed by atoms with Crippen molar-refractivity contribution in [1.29, 1.82) is 0 Å². The Hall–Kier alpha value is -2.07. The highest BCUT2D eigenvalue weighted by Gasteiger charge is 2.22. The van der Waals surface area contributed by atoms with Crippen LogP contribution in [0, 0.1) is 0 Å². The van der Waals surface area contributed by atoms with Gasteiger partial charge in [-0.2, -0.15) is 0 Å². The second-order valence-corrected chi connectivity index (χ2v) is 5.73. The van der Waals surface area contributed by atoms with Crippen LogP contribution < -0.4 is 11.1 Å². The largest absolute Gasteiger partial charge is 0.357 e. The van der Waals surface area contributed by atoms with Crippen LogP contribution in [-0.4, -0.2) is 23.0 Å². The molecule has 1 heterocycles. The quantitative estimate of drug-likeness (QED) is 0.810. The highest BCUT2D eigenvalue weighted by Crippen LogP contribution is 2.23. The zero-order valence-electron chi connectivity index (χ0n) is 12.0. The van der Waals surface area contributed by atoms with Gasteiger partial charge in [-0.15, -0.1) is 0 Å². The van der Waals surface area contributed by atoms with Gasteiger partial charge in [0, 0.05) is 23.8 Å². The SMILES string of the molecule is NC1CCCC(NC(=O)c2[nH]ccc2-c2ccccc2)C1. The number of rotatable bonds is 3. The molecular weight excluding hydrogens is 262 g/mol. The van der Waals surface area contributed by atoms with Crippen molar-refractivity contribution >= 4 is 5.91 Å². The van der Waals surface area contributed by atoms with Gasteiger partial charge in [0.05, 0.1) is 0 Å². The van der Waals surface area contributed by atoms with Gasteiger partial charge in [0.25, 0.3) is 5.91 Å². The van der Waals surface area contributed by atoms with Crippen LogP contribution in [0.3, 0.4) is 0 Å². The Bertz CT molecular complexity index is 606. The zero-order valence-corrected chi connectivity index (χ0v) is 12.0. The average Bonchev–Trinajstić information content (AvgIpc) is 2.98. The molecule has 2 aromatic rings. The minimum atomic E-state index is -0.0436. The third kappa shape index (κ3) is 3.16. The Kier molecular flexibility index (Phi) is 4.06. The monoisotopic (exact) mass is 283 g/mol. The number of nitrogens with two attached hydrogens (primary N) is 1. The van der Waals surface area contributed by atoms with E-state index in [4.69, 9.17) is 5.73 Å². The van der Waals surface area contributed by atoms with Crippen molar-refractivity contribution in [2.75, 3.05) is 0 Å². The minimum absolute atomic E-state index is 0.0436. The molecule has 21 heavy (non-hydrogen) atoms. The maximum Gasteiger partial charge on any atom is 0.268 e. The van der Waals surface area contributed by atoms with Gasteiger partial charge in [-0.1, -0.05) is 30.3 Å². The van der Waals surface area contributed by atoms with Crippen molar-refractivity contribution in [2.24, 2.45) is 5.73 Å². The lowest BCUT2D eigenvalue weighted by atomic mass is 9.91. The number of aromatic nitrogens is 1. The van der Waals surface area contributed by atoms with Crippen LogP contribution >= 0.6 is 0 Å². The molecule has 0 radical (unpaired) electrons. The van der Waals surface area contributed by atoms with E-state index in [0.29, 0.717) is 5.69 Å². The maximum absolute atomic E-state index is 12.5. The summed E-state index contributed by atoms with van der Waals surface area (Å²) in [6.45, 7) is 0. The molecular formula is C17H21N3O. The molecule has 1 fully saturated rings. The number of amides is 1. The van der Waals surface area contributed by atoms with Gasteiger partial charge in [0.15, 0.2) is 0 Å². The third-order valence-corrected chi connectivity index (χ3v) is 4.11. The lowest BCUT2D eigenvalue weighted by molar-refractivity contribution is 0.0922. The standard InChI is InChI=1S/C17H21N3O/c18-13-7-4-8-14(11-13)20-17(21)16-15(9-10-19-16)12-5-2-1-3-6-12/h1-3,5-6,9-10,13-14,19H,4,7-8,11,18H2,(H,20,21). The van der Waals surface area contributed by atoms with Gasteiger partial charge in [-0.05, 0) is 37.3 Å². The maximum atomic E-state index is 12.5. The van der Waals surface area contributed by atoms with Crippen LogP contribution in [0.1, 0.15) is 36.2 Å². The van der Waals surface area contributed by atoms with Crippen LogP contribution in [0.15, 0.2) is 42.6 Å². The molecule has 110 valence electrons. The average molecular weight is 283 g/mol. The molecule has 0 saturated heterocycles. The van der Waals surface area contributed by atoms with Crippen molar-refractivity contribution < 1.29 is 4.79 Å². The topological polar surface area (TPSA) is 70.9 Å². The van der Waals surface area contributed by atoms with E-state index >= 15 is 0 Å². The molecule has 2 unspecified atom stereocenters. The molecule has 4 nitrogen and oxygen atoms in total. The molecule has 1 aliphatic carbocycles. The minimum Gasteiger partial charge on any atom is -0.357 e. The summed E-state index contributed by atoms with van der Waals surface area (Å²) in [6.07, 6.45) is 5.84. The predicted octanol–water partition coefficient (Wildman–Crippen LogP) is 2.68. The number of carbonyl (C=O) groups is 1. The zero-order chi connectivity index (χ0) is 14.7. The van der Waals surface area contributed by atoms with Crippen molar-refractivity contribution in [3.8, 4) is 11.1 Å². The number of nitrogens with one attached hydrogen (secondary N) is 2. The Morgan fingerprint density at radius 3 is 2.76 bits per heavy atom. The van der Waals surface area contributed by atoms with Crippen molar-refractivity contribution in [3.63, 3.8) is 0 Å². The second kappa shape index (κ2) is 6.14. The number of hydrogen-bond acceptors (Lipinski definition) is 2. The van der Waals surface area contributed by atoms with Crippen LogP contribution in [0.2, 0.25) is 0 Å². The van der Waals surface area contributed by atoms with E-state index in [2.05, 4.69) is 10.3 Å². The molecule has 1 aromatic carbocycles. The highest BCUT2D eigenvalue weighted by atomic mass is 16.1. The van der Waals surface area contributed by atoms with Gasteiger partial charge in [-0.3, -0.25) is 4.79 Å². The normalized spacial score (nSPS) is 22.0. The van der Waals surface area contributed by atoms with Crippen molar-refractivity contribution in [1.82, 2.24) is 10.3 Å². The van der Waals surface area contributed by atoms with Crippen LogP contribution in [-0.2, 0) is 0 Å². The van der Waals surface area contributed by atoms with Gasteiger partial charge in [-0.25, -0.2) is 0 Å². The van der Waals surface area contributed by atoms with Crippen LogP contribution in [0.4, 0.5) is 0 Å². The Labute approximate surface area is 124 Å². The van der Waals surface area contributed by atoms with Gasteiger partial charge in [0.2, 0.25) is 0 Å². The van der Waals surface area contributed by atoms with E-state index in [1.54, 1.807) is 0 Å². The molecule has 1 amide bonds. The summed E-state index contributed by atoms with van der Waals surface area (Å²) >= 11 is 0. The molecule has 1 saturated carbocycles. The summed E-state index contributed by atoms with van der Waals surface area (Å²) in [4.78, 5) is 15.6. The summed E-state index contributed by atoms with van der Waals surface area (Å²) in [7, 11) is 0. The van der Waals surface area contributed by atoms with E-state index in [1.807, 2.05) is 42.6 Å². The molecule has 0 spiro atoms. The highest BCUT2D eigenvalue weighted by molar-refractivity contribution is 5.99. The van der Waals surface area contributed by atoms with E-state index in [0.717, 1.165) is 36.8 Å². The Morgan fingerprint density at radius 1 is 1.19 bits per heavy atom. The summed E-state index contributed by atoms with van der Waals surface area (Å²) in [5, 5.41) is 3.11. The van der Waals surface area contributed by atoms with Gasteiger partial charge in [0.1, 0.15) is 5.69 Å². The molecule has 2 atom stereocenters. The fourth-order valence-corrected chi connectivity index (χ4v) is 3.03. The lowest BCUT2D eigenvalue weighted by Crippen LogP contribution is -2.42. The summed E-state index contributed by atoms with van der Waals surface area (Å²) < 4.78 is 0. The number of benzene rings is 1. The number of hydrogen-bond donors (Lipinski definition) is 3. The first-order chi connectivity index (χ1) is 10.2. The lowest BCUT2D eigenvalue weighted by Gasteiger charge is -2.27. The molecule has 1 aromatic heterocycles. The van der Waals surface area contributed by atoms with E-state index in [9.17, 15) is 4.79 Å². The van der Waals surface area contributed by atoms with Crippen molar-refractivity contribution in [3.05, 3.63) is 48.3 Å². The first-order valence-electron chi connectivity index (χ1n) is 7.53. The van der Waals surface area contributed by atoms with Gasteiger partial charge >= 0.3 is 0 Å². The third-order valence-electron chi connectivity index (χ3n) is 4.11. The fraction of sp³-hybridized carbons (Fsp3) is 0.353. The summed E-state index contributed by atoms with van der Waals surface area (Å²) in [6, 6.07) is 12.3. The Morgan fingerprint density at radius 2 is 2.00 bits per heavy atom. The predicted molar refractivity (Wildman–Crippen MR) is 83.9 cm³/mol. The first kappa shape index (κ1) is 13.9. The smallest absolute Gasteiger partial charge is 0.268 e. The van der Waals surface area contributed by atoms with E-state index in [1.165, 1.54) is 0 Å². The van der Waals surface area contributed by atoms with Crippen LogP contribution in [0.25, 0.3) is 11.1 Å². The van der Waals surface area contributed by atoms with Crippen molar-refractivity contribution in [2.45, 2.75) is 37.8 Å². The first-order valence-corrected chi connectivity index (χ1v) is 7.53. The van der Waals surface area contributed by atoms with E-state index in [-0.39, 0.29) is 18.0 Å². The molecule has 0 aliphatic heterocycles. The van der Waals surface area contributed by atoms with E-state index < -0.39 is 0 Å². The summed E-state index contributed by atoms with van der Waals surface area (Å²) in [5.41, 5.74) is 8.59. The second-order valence-electron chi connectivity index (χ2n) is 5.73. The fourth-order valence-electron chi connectivity index (χ4n) is 3.03. The Balaban J connectivity index is 1.75.